The Bertz CT molecular complexity index is 1590. The predicted octanol–water partition coefficient (Wildman–Crippen LogP) is 2.66. The van der Waals surface area contributed by atoms with Crippen molar-refractivity contribution in [3.63, 3.8) is 0 Å². The van der Waals surface area contributed by atoms with Crippen LogP contribution in [0.4, 0.5) is 27.7 Å². The van der Waals surface area contributed by atoms with Gasteiger partial charge in [-0.1, -0.05) is 0 Å². The number of nitrogens with zero attached hydrogens (tertiary/aromatic N) is 9. The molecule has 2 atom stereocenters. The van der Waals surface area contributed by atoms with E-state index in [-0.39, 0.29) is 11.9 Å². The van der Waals surface area contributed by atoms with Crippen molar-refractivity contribution in [2.75, 3.05) is 22.1 Å². The Morgan fingerprint density at radius 2 is 2.13 bits per heavy atom. The smallest absolute Gasteiger partial charge is 0.247 e. The second kappa shape index (κ2) is 8.90. The van der Waals surface area contributed by atoms with Crippen molar-refractivity contribution in [3.8, 4) is 0 Å². The highest BCUT2D eigenvalue weighted by Crippen LogP contribution is 2.40. The lowest BCUT2D eigenvalue weighted by Gasteiger charge is -2.24. The van der Waals surface area contributed by atoms with E-state index in [0.29, 0.717) is 42.2 Å². The van der Waals surface area contributed by atoms with Gasteiger partial charge in [0.15, 0.2) is 11.6 Å². The maximum Gasteiger partial charge on any atom is 0.247 e. The Hall–Kier alpha value is -4.88. The topological polar surface area (TPSA) is 147 Å². The molecule has 1 aliphatic heterocycles. The summed E-state index contributed by atoms with van der Waals surface area (Å²) in [7, 11) is 0. The van der Waals surface area contributed by atoms with Gasteiger partial charge in [0.05, 0.1) is 17.9 Å². The third-order valence-electron chi connectivity index (χ3n) is 6.89. The average molecular weight is 515 g/mol. The fourth-order valence-corrected chi connectivity index (χ4v) is 4.82. The van der Waals surface area contributed by atoms with Crippen molar-refractivity contribution in [2.45, 2.75) is 37.3 Å². The molecule has 3 N–H and O–H groups in total. The van der Waals surface area contributed by atoms with Crippen LogP contribution in [0.2, 0.25) is 0 Å². The summed E-state index contributed by atoms with van der Waals surface area (Å²) in [4.78, 5) is 27.8. The van der Waals surface area contributed by atoms with Crippen molar-refractivity contribution < 1.29 is 9.18 Å². The molecule has 192 valence electrons. The first-order valence-corrected chi connectivity index (χ1v) is 12.3. The molecule has 2 fully saturated rings. The summed E-state index contributed by atoms with van der Waals surface area (Å²) in [6.45, 7) is 0.434. The van der Waals surface area contributed by atoms with Crippen molar-refractivity contribution in [3.05, 3.63) is 67.0 Å². The number of nitrogens with one attached hydrogen (secondary N) is 3. The lowest BCUT2D eigenvalue weighted by Crippen LogP contribution is -2.41. The van der Waals surface area contributed by atoms with Crippen LogP contribution in [0.15, 0.2) is 55.4 Å². The van der Waals surface area contributed by atoms with Crippen LogP contribution in [-0.2, 0) is 4.79 Å². The van der Waals surface area contributed by atoms with Gasteiger partial charge in [0, 0.05) is 36.8 Å². The molecular formula is C24H23FN12O. The van der Waals surface area contributed by atoms with Gasteiger partial charge in [-0.15, -0.1) is 5.10 Å². The zero-order valence-corrected chi connectivity index (χ0v) is 20.1. The van der Waals surface area contributed by atoms with Crippen LogP contribution in [0.25, 0.3) is 5.52 Å². The Morgan fingerprint density at radius 1 is 1.21 bits per heavy atom. The maximum absolute atomic E-state index is 13.4. The predicted molar refractivity (Wildman–Crippen MR) is 134 cm³/mol. The number of fused-ring (bicyclic) bond motifs is 1. The number of carbonyl (C=O) groups excluding carboxylic acids is 1. The van der Waals surface area contributed by atoms with Crippen LogP contribution in [0.3, 0.4) is 0 Å². The largest absolute Gasteiger partial charge is 0.325 e. The van der Waals surface area contributed by atoms with Crippen molar-refractivity contribution in [2.24, 2.45) is 0 Å². The molecule has 1 saturated heterocycles. The monoisotopic (exact) mass is 514 g/mol. The summed E-state index contributed by atoms with van der Waals surface area (Å²) in [5.74, 6) is 1.24. The van der Waals surface area contributed by atoms with Crippen LogP contribution < -0.4 is 15.5 Å². The highest BCUT2D eigenvalue weighted by atomic mass is 19.1. The van der Waals surface area contributed by atoms with Gasteiger partial charge in [-0.05, 0) is 37.1 Å². The molecule has 6 heterocycles. The number of anilines is 4. The zero-order valence-electron chi connectivity index (χ0n) is 20.1. The zero-order chi connectivity index (χ0) is 25.6. The highest BCUT2D eigenvalue weighted by molar-refractivity contribution is 5.97. The molecule has 13 nitrogen and oxygen atoms in total. The van der Waals surface area contributed by atoms with Crippen LogP contribution >= 0.6 is 0 Å². The number of aromatic nitrogens is 9. The Kier molecular flexibility index (Phi) is 5.23. The molecule has 5 aromatic rings. The van der Waals surface area contributed by atoms with E-state index >= 15 is 0 Å². The molecule has 1 amide bonds. The van der Waals surface area contributed by atoms with Crippen molar-refractivity contribution in [1.82, 2.24) is 44.5 Å². The molecule has 2 aliphatic rings. The molecule has 38 heavy (non-hydrogen) atoms. The number of amides is 1. The molecule has 0 unspecified atom stereocenters. The normalized spacial score (nSPS) is 19.2. The Balaban J connectivity index is 1.22. The molecule has 0 radical (unpaired) electrons. The van der Waals surface area contributed by atoms with Crippen molar-refractivity contribution in [1.29, 1.82) is 0 Å². The second-order valence-corrected chi connectivity index (χ2v) is 9.50. The number of carbonyl (C=O) groups is 1. The van der Waals surface area contributed by atoms with E-state index in [0.717, 1.165) is 11.2 Å². The molecule has 1 aliphatic carbocycles. The minimum atomic E-state index is -0.623. The first-order chi connectivity index (χ1) is 18.6. The number of halogens is 1. The fraction of sp³-hybridized carbons (Fsp3) is 0.292. The lowest BCUT2D eigenvalue weighted by atomic mass is 10.1. The Morgan fingerprint density at radius 3 is 2.92 bits per heavy atom. The van der Waals surface area contributed by atoms with E-state index in [9.17, 15) is 9.18 Å². The third-order valence-corrected chi connectivity index (χ3v) is 6.89. The second-order valence-electron chi connectivity index (χ2n) is 9.50. The molecule has 0 spiro atoms. The molecule has 5 aromatic heterocycles. The van der Waals surface area contributed by atoms with E-state index in [1.54, 1.807) is 15.5 Å². The summed E-state index contributed by atoms with van der Waals surface area (Å²) in [6, 6.07) is 7.71. The van der Waals surface area contributed by atoms with E-state index in [4.69, 9.17) is 10.1 Å². The molecule has 7 rings (SSSR count). The summed E-state index contributed by atoms with van der Waals surface area (Å²) < 4.78 is 16.7. The molecule has 1 saturated carbocycles. The first kappa shape index (κ1) is 22.3. The van der Waals surface area contributed by atoms with E-state index in [1.807, 2.05) is 29.3 Å². The first-order valence-electron chi connectivity index (χ1n) is 12.3. The minimum Gasteiger partial charge on any atom is -0.325 e. The van der Waals surface area contributed by atoms with Gasteiger partial charge in [-0.2, -0.15) is 19.6 Å². The number of H-pyrrole nitrogens is 1. The van der Waals surface area contributed by atoms with Crippen LogP contribution in [0.1, 0.15) is 36.9 Å². The van der Waals surface area contributed by atoms with Gasteiger partial charge >= 0.3 is 0 Å². The van der Waals surface area contributed by atoms with Gasteiger partial charge in [0.1, 0.15) is 24.2 Å². The van der Waals surface area contributed by atoms with Crippen LogP contribution in [0, 0.1) is 5.95 Å². The van der Waals surface area contributed by atoms with E-state index in [1.165, 1.54) is 37.5 Å². The number of hydrogen-bond donors (Lipinski definition) is 3. The number of rotatable bonds is 7. The molecule has 14 heteroatoms. The van der Waals surface area contributed by atoms with E-state index < -0.39 is 12.0 Å². The summed E-state index contributed by atoms with van der Waals surface area (Å²) in [5, 5.41) is 22.6. The van der Waals surface area contributed by atoms with Gasteiger partial charge in [-0.25, -0.2) is 19.2 Å². The van der Waals surface area contributed by atoms with Gasteiger partial charge in [0.25, 0.3) is 0 Å². The number of pyridine rings is 1. The van der Waals surface area contributed by atoms with Gasteiger partial charge in [-0.3, -0.25) is 9.89 Å². The maximum atomic E-state index is 13.4. The molecule has 0 bridgehead atoms. The number of hydrogen-bond acceptors (Lipinski definition) is 9. The lowest BCUT2D eigenvalue weighted by molar-refractivity contribution is -0.117. The minimum absolute atomic E-state index is 0.132. The SMILES string of the molecule is O=C(Nc1ccc(F)nc1)[C@@H]1C[C@H](n2cncn2)CN1c1nc(Nc2cc(C3CC3)[nH]n2)c2cccn2n1. The van der Waals surface area contributed by atoms with Gasteiger partial charge < -0.3 is 15.5 Å². The fourth-order valence-electron chi connectivity index (χ4n) is 4.82. The summed E-state index contributed by atoms with van der Waals surface area (Å²) >= 11 is 0. The highest BCUT2D eigenvalue weighted by Gasteiger charge is 2.40. The average Bonchev–Trinajstić information content (AvgIpc) is 3.39. The van der Waals surface area contributed by atoms with Crippen LogP contribution in [-0.4, -0.2) is 63.0 Å². The summed E-state index contributed by atoms with van der Waals surface area (Å²) in [6.07, 6.45) is 8.99. The molecular weight excluding hydrogens is 491 g/mol. The quantitative estimate of drug-likeness (QED) is 0.279. The standard InChI is InChI=1S/C24H23FN12O/c25-20-6-5-15(10-27-20)29-23(38)19-8-16(37-13-26-12-28-37)11-35(19)24-31-22(18-2-1-7-36(18)34-24)30-21-9-17(32-33-21)14-3-4-14/h1-2,5-7,9-10,12-14,16,19H,3-4,8,11H2,(H,29,38)(H2,30,31,32,33,34)/t16-,19-/m0/s1. The third kappa shape index (κ3) is 4.19. The number of aromatic amines is 1. The Labute approximate surface area is 215 Å². The molecule has 0 aromatic carbocycles. The van der Waals surface area contributed by atoms with Crippen LogP contribution in [0.5, 0.6) is 0 Å². The van der Waals surface area contributed by atoms with Crippen molar-refractivity contribution >= 4 is 34.7 Å². The van der Waals surface area contributed by atoms with E-state index in [2.05, 4.69) is 35.9 Å². The van der Waals surface area contributed by atoms with Gasteiger partial charge in [0.2, 0.25) is 17.8 Å². The summed E-state index contributed by atoms with van der Waals surface area (Å²) in [5.41, 5.74) is 2.28.